The number of nitrogens with zero attached hydrogens (tertiary/aromatic N) is 1. The first kappa shape index (κ1) is 11.8. The lowest BCUT2D eigenvalue weighted by Crippen LogP contribution is -2.21. The molecule has 0 aliphatic carbocycles. The maximum absolute atomic E-state index is 4.62. The van der Waals surface area contributed by atoms with Crippen LogP contribution in [0.25, 0.3) is 9.88 Å². The summed E-state index contributed by atoms with van der Waals surface area (Å²) in [6.07, 6.45) is 0. The normalized spacial score (nSPS) is 11.2. The molecule has 16 heavy (non-hydrogen) atoms. The van der Waals surface area contributed by atoms with Crippen LogP contribution in [-0.2, 0) is 6.54 Å². The molecule has 0 amide bonds. The summed E-state index contributed by atoms with van der Waals surface area (Å²) in [4.78, 5) is 7.23. The molecule has 0 bridgehead atoms. The second-order valence-electron chi connectivity index (χ2n) is 4.04. The second-order valence-corrected chi connectivity index (χ2v) is 6.07. The van der Waals surface area contributed by atoms with Gasteiger partial charge in [0.15, 0.2) is 0 Å². The molecule has 2 heterocycles. The van der Waals surface area contributed by atoms with Gasteiger partial charge in [-0.05, 0) is 18.4 Å². The monoisotopic (exact) mass is 252 g/mol. The van der Waals surface area contributed by atoms with Gasteiger partial charge in [-0.1, -0.05) is 19.9 Å². The van der Waals surface area contributed by atoms with Crippen LogP contribution in [0, 0.1) is 6.92 Å². The molecule has 0 atom stereocenters. The van der Waals surface area contributed by atoms with Crippen molar-refractivity contribution in [3.05, 3.63) is 28.1 Å². The lowest BCUT2D eigenvalue weighted by molar-refractivity contribution is 0.591. The van der Waals surface area contributed by atoms with Gasteiger partial charge < -0.3 is 5.32 Å². The average Bonchev–Trinajstić information content (AvgIpc) is 2.83. The maximum atomic E-state index is 4.62. The van der Waals surface area contributed by atoms with Crippen LogP contribution in [0.2, 0.25) is 0 Å². The summed E-state index contributed by atoms with van der Waals surface area (Å²) in [6.45, 7) is 7.34. The molecule has 2 aromatic rings. The van der Waals surface area contributed by atoms with Crippen molar-refractivity contribution in [1.82, 2.24) is 10.3 Å². The summed E-state index contributed by atoms with van der Waals surface area (Å²) in [6, 6.07) is 4.72. The van der Waals surface area contributed by atoms with Gasteiger partial charge in [0, 0.05) is 17.5 Å². The van der Waals surface area contributed by atoms with Gasteiger partial charge in [-0.25, -0.2) is 4.98 Å². The number of thiazole rings is 1. The summed E-state index contributed by atoms with van der Waals surface area (Å²) >= 11 is 3.55. The van der Waals surface area contributed by atoms with E-state index in [1.54, 1.807) is 22.7 Å². The lowest BCUT2D eigenvalue weighted by Gasteiger charge is -2.05. The fourth-order valence-corrected chi connectivity index (χ4v) is 3.20. The molecule has 1 N–H and O–H groups in total. The highest BCUT2D eigenvalue weighted by Gasteiger charge is 2.09. The fraction of sp³-hybridized carbons (Fsp3) is 0.417. The predicted molar refractivity (Wildman–Crippen MR) is 72.1 cm³/mol. The van der Waals surface area contributed by atoms with E-state index in [4.69, 9.17) is 0 Å². The molecule has 0 radical (unpaired) electrons. The lowest BCUT2D eigenvalue weighted by atomic mass is 10.3. The quantitative estimate of drug-likeness (QED) is 0.898. The highest BCUT2D eigenvalue weighted by Crippen LogP contribution is 2.30. The smallest absolute Gasteiger partial charge is 0.133 e. The van der Waals surface area contributed by atoms with E-state index in [9.17, 15) is 0 Å². The van der Waals surface area contributed by atoms with Gasteiger partial charge in [-0.3, -0.25) is 0 Å². The third-order valence-electron chi connectivity index (χ3n) is 2.30. The van der Waals surface area contributed by atoms with E-state index in [1.165, 1.54) is 9.75 Å². The SMILES string of the molecule is Cc1nc(-c2cccs2)sc1CNC(C)C. The Hall–Kier alpha value is -0.710. The van der Waals surface area contributed by atoms with Crippen molar-refractivity contribution in [3.8, 4) is 9.88 Å². The Morgan fingerprint density at radius 1 is 1.44 bits per heavy atom. The molecule has 86 valence electrons. The summed E-state index contributed by atoms with van der Waals surface area (Å²) in [5, 5.41) is 6.68. The Morgan fingerprint density at radius 2 is 2.25 bits per heavy atom. The minimum atomic E-state index is 0.520. The summed E-state index contributed by atoms with van der Waals surface area (Å²) in [5.41, 5.74) is 1.15. The van der Waals surface area contributed by atoms with Crippen LogP contribution in [0.5, 0.6) is 0 Å². The van der Waals surface area contributed by atoms with Crippen LogP contribution >= 0.6 is 22.7 Å². The van der Waals surface area contributed by atoms with Crippen LogP contribution in [0.4, 0.5) is 0 Å². The summed E-state index contributed by atoms with van der Waals surface area (Å²) in [5.74, 6) is 0. The zero-order valence-electron chi connectivity index (χ0n) is 9.78. The molecular formula is C12H16N2S2. The fourth-order valence-electron chi connectivity index (χ4n) is 1.39. The molecule has 0 aliphatic heterocycles. The predicted octanol–water partition coefficient (Wildman–Crippen LogP) is 3.68. The Kier molecular flexibility index (Phi) is 3.74. The zero-order valence-corrected chi connectivity index (χ0v) is 11.4. The van der Waals surface area contributed by atoms with Gasteiger partial charge in [0.2, 0.25) is 0 Å². The van der Waals surface area contributed by atoms with Crippen LogP contribution in [-0.4, -0.2) is 11.0 Å². The number of thiophene rings is 1. The van der Waals surface area contributed by atoms with E-state index >= 15 is 0 Å². The Morgan fingerprint density at radius 3 is 2.88 bits per heavy atom. The number of aryl methyl sites for hydroxylation is 1. The molecule has 4 heteroatoms. The van der Waals surface area contributed by atoms with Gasteiger partial charge in [0.25, 0.3) is 0 Å². The number of hydrogen-bond acceptors (Lipinski definition) is 4. The highest BCUT2D eigenvalue weighted by molar-refractivity contribution is 7.21. The third kappa shape index (κ3) is 2.70. The first-order chi connectivity index (χ1) is 7.66. The molecule has 0 aliphatic rings. The van der Waals surface area contributed by atoms with E-state index < -0.39 is 0 Å². The zero-order chi connectivity index (χ0) is 11.5. The number of nitrogens with one attached hydrogen (secondary N) is 1. The summed E-state index contributed by atoms with van der Waals surface area (Å²) < 4.78 is 0. The van der Waals surface area contributed by atoms with Crippen molar-refractivity contribution < 1.29 is 0 Å². The molecule has 2 rings (SSSR count). The molecule has 0 saturated carbocycles. The molecule has 0 unspecified atom stereocenters. The standard InChI is InChI=1S/C12H16N2S2/c1-8(2)13-7-11-9(3)14-12(16-11)10-5-4-6-15-10/h4-6,8,13H,7H2,1-3H3. The summed E-state index contributed by atoms with van der Waals surface area (Å²) in [7, 11) is 0. The molecule has 0 saturated heterocycles. The van der Waals surface area contributed by atoms with Crippen molar-refractivity contribution in [3.63, 3.8) is 0 Å². The molecule has 0 spiro atoms. The molecule has 2 nitrogen and oxygen atoms in total. The van der Waals surface area contributed by atoms with Gasteiger partial charge in [0.05, 0.1) is 10.6 Å². The number of aromatic nitrogens is 1. The van der Waals surface area contributed by atoms with E-state index in [0.29, 0.717) is 6.04 Å². The van der Waals surface area contributed by atoms with E-state index in [-0.39, 0.29) is 0 Å². The largest absolute Gasteiger partial charge is 0.310 e. The Labute approximate surface area is 104 Å². The van der Waals surface area contributed by atoms with Gasteiger partial charge in [-0.15, -0.1) is 22.7 Å². The van der Waals surface area contributed by atoms with Crippen molar-refractivity contribution in [1.29, 1.82) is 0 Å². The minimum Gasteiger partial charge on any atom is -0.310 e. The second kappa shape index (κ2) is 5.08. The van der Waals surface area contributed by atoms with Crippen LogP contribution in [0.1, 0.15) is 24.4 Å². The topological polar surface area (TPSA) is 24.9 Å². The minimum absolute atomic E-state index is 0.520. The number of rotatable bonds is 4. The molecule has 0 aromatic carbocycles. The molecule has 2 aromatic heterocycles. The molecule has 0 fully saturated rings. The van der Waals surface area contributed by atoms with Gasteiger partial charge >= 0.3 is 0 Å². The first-order valence-electron chi connectivity index (χ1n) is 5.40. The third-order valence-corrected chi connectivity index (χ3v) is 4.49. The first-order valence-corrected chi connectivity index (χ1v) is 7.10. The average molecular weight is 252 g/mol. The van der Waals surface area contributed by atoms with Gasteiger partial charge in [-0.2, -0.15) is 0 Å². The van der Waals surface area contributed by atoms with Crippen LogP contribution in [0.15, 0.2) is 17.5 Å². The van der Waals surface area contributed by atoms with E-state index in [0.717, 1.165) is 17.2 Å². The Balaban J connectivity index is 2.16. The van der Waals surface area contributed by atoms with Crippen molar-refractivity contribution in [2.45, 2.75) is 33.4 Å². The van der Waals surface area contributed by atoms with Crippen molar-refractivity contribution in [2.75, 3.05) is 0 Å². The number of hydrogen-bond donors (Lipinski definition) is 1. The van der Waals surface area contributed by atoms with Gasteiger partial charge in [0.1, 0.15) is 5.01 Å². The maximum Gasteiger partial charge on any atom is 0.133 e. The van der Waals surface area contributed by atoms with Crippen LogP contribution < -0.4 is 5.32 Å². The highest BCUT2D eigenvalue weighted by atomic mass is 32.1. The molecular weight excluding hydrogens is 236 g/mol. The van der Waals surface area contributed by atoms with E-state index in [1.807, 2.05) is 0 Å². The van der Waals surface area contributed by atoms with E-state index in [2.05, 4.69) is 48.6 Å². The Bertz CT molecular complexity index is 444. The van der Waals surface area contributed by atoms with Crippen LogP contribution in [0.3, 0.4) is 0 Å². The van der Waals surface area contributed by atoms with Crippen molar-refractivity contribution >= 4 is 22.7 Å². The van der Waals surface area contributed by atoms with Crippen molar-refractivity contribution in [2.24, 2.45) is 0 Å².